The Balaban J connectivity index is -0.0000000133. The minimum atomic E-state index is -4.67. The van der Waals surface area contributed by atoms with Crippen LogP contribution in [0.2, 0.25) is 0 Å². The summed E-state index contributed by atoms with van der Waals surface area (Å²) in [6.07, 6.45) is 0. The molecule has 0 aromatic carbocycles. The van der Waals surface area contributed by atoms with Crippen molar-refractivity contribution >= 4 is 65.5 Å². The molecular weight excluding hydrogens is 195 g/mol. The SMILES string of the molecule is O.O.O=S(=O)(O)O.[AlH3].[CaH2]. The molecule has 58 valence electrons. The second-order valence-corrected chi connectivity index (χ2v) is 1.34. The van der Waals surface area contributed by atoms with Gasteiger partial charge in [0.25, 0.3) is 0 Å². The fraction of sp³-hybridized carbons (Fsp3) is 0. The van der Waals surface area contributed by atoms with Gasteiger partial charge >= 0.3 is 48.1 Å². The van der Waals surface area contributed by atoms with E-state index >= 15 is 0 Å². The molecule has 0 aliphatic heterocycles. The van der Waals surface area contributed by atoms with Crippen molar-refractivity contribution in [2.45, 2.75) is 0 Å². The molecule has 0 fully saturated rings. The van der Waals surface area contributed by atoms with Crippen molar-refractivity contribution in [3.8, 4) is 0 Å². The summed E-state index contributed by atoms with van der Waals surface area (Å²) in [7, 11) is -4.67. The van der Waals surface area contributed by atoms with E-state index in [0.717, 1.165) is 0 Å². The second kappa shape index (κ2) is 12.3. The van der Waals surface area contributed by atoms with Gasteiger partial charge in [-0.3, -0.25) is 9.11 Å². The molecule has 0 aliphatic carbocycles. The Kier molecular flexibility index (Phi) is 42.5. The van der Waals surface area contributed by atoms with Crippen LogP contribution in [-0.2, 0) is 10.4 Å². The van der Waals surface area contributed by atoms with Gasteiger partial charge in [0.2, 0.25) is 0 Å². The first-order chi connectivity index (χ1) is 2.00. The molecule has 0 aliphatic rings. The standard InChI is InChI=1S/Al.Ca.H2O4S.2H2O.5H/c;;1-5(2,3)4;;;;;;;/h;;(H2,1,2,3,4);2*1H2;;;;;. The Morgan fingerprint density at radius 1 is 1.00 bits per heavy atom. The summed E-state index contributed by atoms with van der Waals surface area (Å²) in [5.74, 6) is 0. The molecule has 6 N–H and O–H groups in total. The van der Waals surface area contributed by atoms with Crippen molar-refractivity contribution < 1.29 is 28.5 Å². The first kappa shape index (κ1) is 31.2. The van der Waals surface area contributed by atoms with Gasteiger partial charge in [-0.1, -0.05) is 0 Å². The maximum atomic E-state index is 8.74. The van der Waals surface area contributed by atoms with Crippen LogP contribution in [0.4, 0.5) is 0 Å². The summed E-state index contributed by atoms with van der Waals surface area (Å²) in [5.41, 5.74) is 0. The van der Waals surface area contributed by atoms with Gasteiger partial charge in [-0.25, -0.2) is 0 Å². The third-order valence-corrected chi connectivity index (χ3v) is 0. The summed E-state index contributed by atoms with van der Waals surface area (Å²) in [5, 5.41) is 0. The summed E-state index contributed by atoms with van der Waals surface area (Å²) in [6.45, 7) is 0. The molecule has 9 heavy (non-hydrogen) atoms. The van der Waals surface area contributed by atoms with Crippen LogP contribution in [0.15, 0.2) is 0 Å². The molecule has 0 radical (unpaired) electrons. The zero-order chi connectivity index (χ0) is 4.50. The molecule has 0 amide bonds. The third-order valence-electron chi connectivity index (χ3n) is 0. The van der Waals surface area contributed by atoms with Crippen LogP contribution in [0, 0.1) is 0 Å². The molecule has 9 heteroatoms. The second-order valence-electron chi connectivity index (χ2n) is 0.448. The molecular formula is H11AlCaO6S. The predicted molar refractivity (Wildman–Crippen MR) is 39.9 cm³/mol. The van der Waals surface area contributed by atoms with E-state index in [1.54, 1.807) is 0 Å². The molecule has 6 nitrogen and oxygen atoms in total. The van der Waals surface area contributed by atoms with Crippen LogP contribution in [-0.4, -0.2) is 83.6 Å². The molecule has 0 rings (SSSR count). The van der Waals surface area contributed by atoms with E-state index in [-0.39, 0.29) is 66.1 Å². The average molecular weight is 206 g/mol. The minimum absolute atomic E-state index is 0. The normalized spacial score (nSPS) is 6.44. The Labute approximate surface area is 93.0 Å². The molecule has 0 saturated carbocycles. The zero-order valence-electron chi connectivity index (χ0n) is 3.12. The van der Waals surface area contributed by atoms with Crippen LogP contribution < -0.4 is 0 Å². The first-order valence-electron chi connectivity index (χ1n) is 0.698. The van der Waals surface area contributed by atoms with Crippen LogP contribution in [0.5, 0.6) is 0 Å². The molecule has 0 spiro atoms. The maximum absolute atomic E-state index is 8.74. The van der Waals surface area contributed by atoms with Gasteiger partial charge in [0, 0.05) is 0 Å². The third kappa shape index (κ3) is 220. The van der Waals surface area contributed by atoms with Gasteiger partial charge in [0.05, 0.1) is 0 Å². The van der Waals surface area contributed by atoms with E-state index < -0.39 is 10.4 Å². The number of rotatable bonds is 0. The van der Waals surface area contributed by atoms with E-state index in [4.69, 9.17) is 17.5 Å². The zero-order valence-corrected chi connectivity index (χ0v) is 3.94. The molecule has 0 aromatic rings. The predicted octanol–water partition coefficient (Wildman–Crippen LogP) is -4.40. The van der Waals surface area contributed by atoms with Crippen molar-refractivity contribution in [2.75, 3.05) is 0 Å². The Morgan fingerprint density at radius 2 is 1.00 bits per heavy atom. The average Bonchev–Trinajstić information content (AvgIpc) is 0.722. The van der Waals surface area contributed by atoms with E-state index in [1.165, 1.54) is 0 Å². The quantitative estimate of drug-likeness (QED) is 0.305. The van der Waals surface area contributed by atoms with Gasteiger partial charge in [0.1, 0.15) is 0 Å². The van der Waals surface area contributed by atoms with Crippen LogP contribution in [0.25, 0.3) is 0 Å². The van der Waals surface area contributed by atoms with Crippen molar-refractivity contribution in [3.63, 3.8) is 0 Å². The van der Waals surface area contributed by atoms with Crippen LogP contribution in [0.3, 0.4) is 0 Å². The first-order valence-corrected chi connectivity index (χ1v) is 2.10. The van der Waals surface area contributed by atoms with Gasteiger partial charge < -0.3 is 11.0 Å². The summed E-state index contributed by atoms with van der Waals surface area (Å²) in [6, 6.07) is 0. The van der Waals surface area contributed by atoms with E-state index in [0.29, 0.717) is 0 Å². The Bertz CT molecular complexity index is 96.2. The molecule has 0 heterocycles. The van der Waals surface area contributed by atoms with Crippen molar-refractivity contribution in [1.82, 2.24) is 0 Å². The van der Waals surface area contributed by atoms with Gasteiger partial charge in [-0.2, -0.15) is 8.42 Å². The molecule has 0 bridgehead atoms. The van der Waals surface area contributed by atoms with E-state index in [1.807, 2.05) is 0 Å². The monoisotopic (exact) mass is 206 g/mol. The van der Waals surface area contributed by atoms with Gasteiger partial charge in [-0.05, 0) is 0 Å². The molecule has 0 saturated heterocycles. The molecule has 0 unspecified atom stereocenters. The number of hydrogen-bond donors (Lipinski definition) is 2. The fourth-order valence-corrected chi connectivity index (χ4v) is 0. The number of hydrogen-bond acceptors (Lipinski definition) is 2. The fourth-order valence-electron chi connectivity index (χ4n) is 0. The summed E-state index contributed by atoms with van der Waals surface area (Å²) < 4.78 is 31.6. The van der Waals surface area contributed by atoms with Gasteiger partial charge in [0.15, 0.2) is 17.4 Å². The molecule has 0 aromatic heterocycles. The summed E-state index contributed by atoms with van der Waals surface area (Å²) >= 11 is 0. The van der Waals surface area contributed by atoms with E-state index in [2.05, 4.69) is 0 Å². The van der Waals surface area contributed by atoms with Crippen molar-refractivity contribution in [1.29, 1.82) is 0 Å². The van der Waals surface area contributed by atoms with Crippen molar-refractivity contribution in [3.05, 3.63) is 0 Å². The molecule has 0 atom stereocenters. The Hall–Kier alpha value is 1.58. The van der Waals surface area contributed by atoms with E-state index in [9.17, 15) is 0 Å². The summed E-state index contributed by atoms with van der Waals surface area (Å²) in [4.78, 5) is 0. The van der Waals surface area contributed by atoms with Crippen molar-refractivity contribution in [2.24, 2.45) is 0 Å². The Morgan fingerprint density at radius 3 is 1.00 bits per heavy atom. The van der Waals surface area contributed by atoms with Crippen LogP contribution >= 0.6 is 0 Å². The van der Waals surface area contributed by atoms with Gasteiger partial charge in [-0.15, -0.1) is 0 Å². The topological polar surface area (TPSA) is 138 Å². The van der Waals surface area contributed by atoms with Crippen LogP contribution in [0.1, 0.15) is 0 Å².